The Morgan fingerprint density at radius 2 is 1.83 bits per heavy atom. The molecule has 5 nitrogen and oxygen atoms in total. The predicted molar refractivity (Wildman–Crippen MR) is 93.0 cm³/mol. The minimum absolute atomic E-state index is 0.0357. The van der Waals surface area contributed by atoms with Gasteiger partial charge in [0.1, 0.15) is 12.1 Å². The first-order valence-corrected chi connectivity index (χ1v) is 8.96. The molecule has 0 spiro atoms. The molecule has 1 amide bonds. The van der Waals surface area contributed by atoms with Crippen molar-refractivity contribution in [1.29, 1.82) is 0 Å². The lowest BCUT2D eigenvalue weighted by atomic mass is 9.98. The van der Waals surface area contributed by atoms with E-state index in [1.54, 1.807) is 31.2 Å². The summed E-state index contributed by atoms with van der Waals surface area (Å²) < 4.78 is 31.8. The lowest BCUT2D eigenvalue weighted by molar-refractivity contribution is 0.141. The van der Waals surface area contributed by atoms with Crippen LogP contribution in [0.25, 0.3) is 0 Å². The average Bonchev–Trinajstić information content (AvgIpc) is 2.82. The van der Waals surface area contributed by atoms with Crippen LogP contribution in [-0.4, -0.2) is 31.0 Å². The van der Waals surface area contributed by atoms with E-state index in [-0.39, 0.29) is 4.90 Å². The molecule has 6 heteroatoms. The van der Waals surface area contributed by atoms with Gasteiger partial charge in [-0.2, -0.15) is 4.31 Å². The van der Waals surface area contributed by atoms with E-state index in [0.717, 1.165) is 9.87 Å². The number of allylic oxidation sites excluding steroid dienone is 2. The van der Waals surface area contributed by atoms with Crippen LogP contribution in [0.1, 0.15) is 19.4 Å². The van der Waals surface area contributed by atoms with Gasteiger partial charge in [-0.25, -0.2) is 13.2 Å². The molecule has 1 fully saturated rings. The zero-order chi connectivity index (χ0) is 18.1. The van der Waals surface area contributed by atoms with E-state index in [4.69, 9.17) is 4.74 Å². The highest BCUT2D eigenvalue weighted by atomic mass is 32.2. The van der Waals surface area contributed by atoms with Gasteiger partial charge in [0.05, 0.1) is 4.90 Å². The number of ether oxygens (including phenoxy) is 1. The molecule has 1 saturated heterocycles. The smallest absolute Gasteiger partial charge is 0.424 e. The molecule has 1 aliphatic rings. The number of cyclic esters (lactones) is 1. The van der Waals surface area contributed by atoms with Gasteiger partial charge < -0.3 is 4.74 Å². The summed E-state index contributed by atoms with van der Waals surface area (Å²) in [6, 6.07) is 5.48. The Balaban J connectivity index is 2.48. The summed E-state index contributed by atoms with van der Waals surface area (Å²) in [4.78, 5) is 12.2. The molecule has 1 aromatic carbocycles. The predicted octanol–water partition coefficient (Wildman–Crippen LogP) is 3.58. The van der Waals surface area contributed by atoms with Crippen molar-refractivity contribution in [2.75, 3.05) is 0 Å². The van der Waals surface area contributed by atoms with Crippen molar-refractivity contribution in [2.24, 2.45) is 0 Å². The molecule has 128 valence electrons. The van der Waals surface area contributed by atoms with E-state index in [1.807, 2.05) is 13.8 Å². The highest BCUT2D eigenvalue weighted by Gasteiger charge is 2.48. The second-order valence-corrected chi connectivity index (χ2v) is 7.51. The van der Waals surface area contributed by atoms with Crippen LogP contribution in [-0.2, 0) is 14.8 Å². The summed E-state index contributed by atoms with van der Waals surface area (Å²) in [6.45, 7) is 13.1. The molecule has 1 aliphatic heterocycles. The quantitative estimate of drug-likeness (QED) is 0.764. The topological polar surface area (TPSA) is 63.7 Å². The minimum atomic E-state index is -4.05. The van der Waals surface area contributed by atoms with Crippen LogP contribution >= 0.6 is 0 Å². The lowest BCUT2D eigenvalue weighted by Gasteiger charge is -2.25. The molecule has 1 unspecified atom stereocenters. The van der Waals surface area contributed by atoms with Crippen molar-refractivity contribution < 1.29 is 17.9 Å². The number of carbonyl (C=O) groups is 1. The molecular formula is C18H21NO4S. The molecule has 1 aromatic rings. The maximum absolute atomic E-state index is 12.9. The van der Waals surface area contributed by atoms with Crippen molar-refractivity contribution in [3.63, 3.8) is 0 Å². The van der Waals surface area contributed by atoms with Crippen LogP contribution in [0, 0.1) is 6.92 Å². The van der Waals surface area contributed by atoms with Crippen LogP contribution in [0.3, 0.4) is 0 Å². The normalized spacial score (nSPS) is 21.1. The van der Waals surface area contributed by atoms with Crippen LogP contribution < -0.4 is 0 Å². The van der Waals surface area contributed by atoms with Crippen LogP contribution in [0.4, 0.5) is 4.79 Å². The standard InChI is InChI=1S/C18H21NO4S/c1-6-7-13(3)14(4)17-15(5)23-18(20)19(17)24(21,22)16-10-8-12(2)9-11-16/h6-11,15,17H,3-4H2,1-2,5H3/b7-6+/t15-,17?/m0/s1. The number of amides is 1. The summed E-state index contributed by atoms with van der Waals surface area (Å²) in [7, 11) is -4.05. The number of hydrogen-bond acceptors (Lipinski definition) is 4. The van der Waals surface area contributed by atoms with E-state index in [9.17, 15) is 13.2 Å². The Labute approximate surface area is 143 Å². The molecular weight excluding hydrogens is 326 g/mol. The Kier molecular flexibility index (Phi) is 4.99. The number of rotatable bonds is 5. The number of aryl methyl sites for hydroxylation is 1. The van der Waals surface area contributed by atoms with E-state index >= 15 is 0 Å². The number of sulfonamides is 1. The zero-order valence-electron chi connectivity index (χ0n) is 14.0. The zero-order valence-corrected chi connectivity index (χ0v) is 14.8. The van der Waals surface area contributed by atoms with Crippen molar-refractivity contribution in [2.45, 2.75) is 37.8 Å². The lowest BCUT2D eigenvalue weighted by Crippen LogP contribution is -2.41. The van der Waals surface area contributed by atoms with Gasteiger partial charge in [0.25, 0.3) is 10.0 Å². The molecule has 0 saturated carbocycles. The van der Waals surface area contributed by atoms with Gasteiger partial charge in [0.15, 0.2) is 0 Å². The van der Waals surface area contributed by atoms with Crippen molar-refractivity contribution in [3.05, 3.63) is 66.3 Å². The second-order valence-electron chi connectivity index (χ2n) is 5.70. The van der Waals surface area contributed by atoms with Gasteiger partial charge in [-0.15, -0.1) is 0 Å². The fourth-order valence-electron chi connectivity index (χ4n) is 2.57. The molecule has 0 aliphatic carbocycles. The van der Waals surface area contributed by atoms with E-state index < -0.39 is 28.3 Å². The number of nitrogens with zero attached hydrogens (tertiary/aromatic N) is 1. The maximum atomic E-state index is 12.9. The van der Waals surface area contributed by atoms with Crippen LogP contribution in [0.15, 0.2) is 65.6 Å². The molecule has 2 rings (SSSR count). The summed E-state index contributed by atoms with van der Waals surface area (Å²) >= 11 is 0. The SMILES string of the molecule is C=C(/C=C/C)C(=C)C1[C@H](C)OC(=O)N1S(=O)(=O)c1ccc(C)cc1. The molecule has 2 atom stereocenters. The molecule has 0 N–H and O–H groups in total. The third kappa shape index (κ3) is 3.14. The fourth-order valence-corrected chi connectivity index (χ4v) is 4.12. The van der Waals surface area contributed by atoms with Gasteiger partial charge in [-0.05, 0) is 44.1 Å². The van der Waals surface area contributed by atoms with Crippen molar-refractivity contribution in [1.82, 2.24) is 4.31 Å². The Morgan fingerprint density at radius 3 is 2.38 bits per heavy atom. The highest BCUT2D eigenvalue weighted by molar-refractivity contribution is 7.89. The summed E-state index contributed by atoms with van der Waals surface area (Å²) in [5.41, 5.74) is 1.91. The first-order chi connectivity index (χ1) is 11.2. The fraction of sp³-hybridized carbons (Fsp3) is 0.278. The third-order valence-corrected chi connectivity index (χ3v) is 5.64. The van der Waals surface area contributed by atoms with Gasteiger partial charge in [-0.1, -0.05) is 43.0 Å². The summed E-state index contributed by atoms with van der Waals surface area (Å²) in [6.07, 6.45) is 1.94. The monoisotopic (exact) mass is 347 g/mol. The van der Waals surface area contributed by atoms with Crippen LogP contribution in [0.5, 0.6) is 0 Å². The minimum Gasteiger partial charge on any atom is -0.443 e. The largest absolute Gasteiger partial charge is 0.443 e. The Morgan fingerprint density at radius 1 is 1.25 bits per heavy atom. The third-order valence-electron chi connectivity index (χ3n) is 3.88. The highest BCUT2D eigenvalue weighted by Crippen LogP contribution is 2.33. The molecule has 0 aromatic heterocycles. The maximum Gasteiger partial charge on any atom is 0.424 e. The van der Waals surface area contributed by atoms with Gasteiger partial charge in [0, 0.05) is 0 Å². The van der Waals surface area contributed by atoms with Crippen molar-refractivity contribution in [3.8, 4) is 0 Å². The van der Waals surface area contributed by atoms with E-state index in [0.29, 0.717) is 11.1 Å². The first kappa shape index (κ1) is 18.0. The number of benzene rings is 1. The molecule has 1 heterocycles. The molecule has 24 heavy (non-hydrogen) atoms. The van der Waals surface area contributed by atoms with Gasteiger partial charge in [0.2, 0.25) is 0 Å². The Hall–Kier alpha value is -2.34. The van der Waals surface area contributed by atoms with E-state index in [1.165, 1.54) is 12.1 Å². The average molecular weight is 347 g/mol. The number of hydrogen-bond donors (Lipinski definition) is 0. The first-order valence-electron chi connectivity index (χ1n) is 7.52. The second kappa shape index (κ2) is 6.65. The van der Waals surface area contributed by atoms with Gasteiger partial charge >= 0.3 is 6.09 Å². The molecule has 0 bridgehead atoms. The summed E-state index contributed by atoms with van der Waals surface area (Å²) in [5.74, 6) is 0. The summed E-state index contributed by atoms with van der Waals surface area (Å²) in [5, 5.41) is 0. The molecule has 0 radical (unpaired) electrons. The number of carbonyl (C=O) groups excluding carboxylic acids is 1. The van der Waals surface area contributed by atoms with E-state index in [2.05, 4.69) is 13.2 Å². The van der Waals surface area contributed by atoms with Crippen LogP contribution in [0.2, 0.25) is 0 Å². The van der Waals surface area contributed by atoms with Gasteiger partial charge in [-0.3, -0.25) is 0 Å². The van der Waals surface area contributed by atoms with Crippen molar-refractivity contribution >= 4 is 16.1 Å². The Bertz CT molecular complexity index is 806.